The van der Waals surface area contributed by atoms with E-state index in [0.29, 0.717) is 11.0 Å². The van der Waals surface area contributed by atoms with Gasteiger partial charge in [0.2, 0.25) is 0 Å². The maximum Gasteiger partial charge on any atom is 0.511 e. The van der Waals surface area contributed by atoms with E-state index in [0.717, 1.165) is 12.3 Å². The van der Waals surface area contributed by atoms with Gasteiger partial charge in [-0.1, -0.05) is 11.5 Å². The van der Waals surface area contributed by atoms with Crippen molar-refractivity contribution in [2.45, 2.75) is 0 Å². The topological polar surface area (TPSA) is 28.7 Å². The van der Waals surface area contributed by atoms with Crippen molar-refractivity contribution >= 4 is 23.5 Å². The third-order valence-corrected chi connectivity index (χ3v) is 1.80. The third kappa shape index (κ3) is 1.39. The van der Waals surface area contributed by atoms with E-state index in [4.69, 9.17) is 0 Å². The Morgan fingerprint density at radius 1 is 1.31 bits per heavy atom. The van der Waals surface area contributed by atoms with Crippen molar-refractivity contribution in [1.82, 2.24) is 9.97 Å². The summed E-state index contributed by atoms with van der Waals surface area (Å²) in [6, 6.07) is 2.66. The first-order valence-electron chi connectivity index (χ1n) is 3.70. The number of hydrogen-bond acceptors (Lipinski definition) is 1. The molecule has 2 rings (SSSR count). The number of rotatable bonds is 1. The molecule has 0 aliphatic heterocycles. The number of aromatic amines is 1. The lowest BCUT2D eigenvalue weighted by molar-refractivity contribution is 0.501. The van der Waals surface area contributed by atoms with Crippen LogP contribution in [-0.2, 0) is 0 Å². The van der Waals surface area contributed by atoms with E-state index in [1.54, 1.807) is 12.3 Å². The zero-order valence-electron chi connectivity index (χ0n) is 6.47. The number of hydrogen-bond donors (Lipinski definition) is 1. The van der Waals surface area contributed by atoms with E-state index in [2.05, 4.69) is 9.97 Å². The molecule has 2 aromatic heterocycles. The number of H-pyrrole nitrogens is 1. The number of aromatic nitrogens is 2. The molecule has 6 heteroatoms. The number of halogens is 3. The first-order chi connectivity index (χ1) is 6.07. The summed E-state index contributed by atoms with van der Waals surface area (Å²) in [4.78, 5) is 6.37. The van der Waals surface area contributed by atoms with Crippen LogP contribution in [0.2, 0.25) is 0 Å². The Labute approximate surface area is 71.8 Å². The summed E-state index contributed by atoms with van der Waals surface area (Å²) in [5.74, 6) is 0. The minimum absolute atomic E-state index is 0.476. The molecule has 0 aliphatic rings. The van der Waals surface area contributed by atoms with Crippen molar-refractivity contribution in [3.05, 3.63) is 24.5 Å². The van der Waals surface area contributed by atoms with Gasteiger partial charge in [0, 0.05) is 17.8 Å². The molecule has 0 aromatic carbocycles. The second kappa shape index (κ2) is 2.51. The zero-order chi connectivity index (χ0) is 9.47. The Morgan fingerprint density at radius 2 is 2.08 bits per heavy atom. The van der Waals surface area contributed by atoms with Crippen LogP contribution in [0.1, 0.15) is 0 Å². The maximum atomic E-state index is 12.2. The molecule has 13 heavy (non-hydrogen) atoms. The lowest BCUT2D eigenvalue weighted by atomic mass is 9.81. The lowest BCUT2D eigenvalue weighted by Crippen LogP contribution is -2.34. The molecule has 0 saturated heterocycles. The second-order valence-electron chi connectivity index (χ2n) is 2.76. The van der Waals surface area contributed by atoms with Crippen molar-refractivity contribution < 1.29 is 12.9 Å². The number of nitrogens with one attached hydrogen (secondary N) is 1. The fourth-order valence-corrected chi connectivity index (χ4v) is 1.14. The molecule has 2 aromatic rings. The highest BCUT2D eigenvalue weighted by atomic mass is 19.4. The Bertz CT molecular complexity index is 434. The van der Waals surface area contributed by atoms with Gasteiger partial charge in [-0.15, -0.1) is 0 Å². The SMILES string of the molecule is F[B-](F)(F)c1cnc2[nH]ccc2c1. The molecule has 0 amide bonds. The molecule has 0 radical (unpaired) electrons. The number of fused-ring (bicyclic) bond motifs is 1. The highest BCUT2D eigenvalue weighted by Gasteiger charge is 2.25. The molecule has 0 saturated carbocycles. The Balaban J connectivity index is 2.61. The summed E-state index contributed by atoms with van der Waals surface area (Å²) in [6.07, 6.45) is 2.41. The Morgan fingerprint density at radius 3 is 2.77 bits per heavy atom. The first-order valence-corrected chi connectivity index (χ1v) is 3.70. The molecule has 0 aliphatic carbocycles. The predicted molar refractivity (Wildman–Crippen MR) is 44.8 cm³/mol. The molecule has 2 nitrogen and oxygen atoms in total. The van der Waals surface area contributed by atoms with Crippen LogP contribution >= 0.6 is 0 Å². The van der Waals surface area contributed by atoms with Crippen LogP contribution < -0.4 is 5.46 Å². The van der Waals surface area contributed by atoms with E-state index in [9.17, 15) is 12.9 Å². The average molecular weight is 185 g/mol. The normalized spacial score (nSPS) is 12.2. The largest absolute Gasteiger partial charge is 0.511 e. The van der Waals surface area contributed by atoms with Crippen LogP contribution in [0.4, 0.5) is 12.9 Å². The van der Waals surface area contributed by atoms with Crippen molar-refractivity contribution in [3.63, 3.8) is 0 Å². The van der Waals surface area contributed by atoms with Gasteiger partial charge in [-0.05, 0) is 6.07 Å². The summed E-state index contributed by atoms with van der Waals surface area (Å²) >= 11 is 0. The van der Waals surface area contributed by atoms with Crippen molar-refractivity contribution in [3.8, 4) is 0 Å². The van der Waals surface area contributed by atoms with E-state index < -0.39 is 12.4 Å². The number of pyridine rings is 1. The summed E-state index contributed by atoms with van der Waals surface area (Å²) in [5.41, 5.74) is -0.184. The number of nitrogens with zero attached hydrogens (tertiary/aromatic N) is 1. The van der Waals surface area contributed by atoms with Crippen LogP contribution in [0.5, 0.6) is 0 Å². The molecular weight excluding hydrogens is 180 g/mol. The van der Waals surface area contributed by atoms with Crippen LogP contribution in [0.15, 0.2) is 24.5 Å². The molecule has 0 fully saturated rings. The van der Waals surface area contributed by atoms with Gasteiger partial charge in [0.25, 0.3) is 0 Å². The van der Waals surface area contributed by atoms with E-state index >= 15 is 0 Å². The minimum Gasteiger partial charge on any atom is -0.445 e. The molecule has 0 spiro atoms. The first kappa shape index (κ1) is 8.16. The van der Waals surface area contributed by atoms with Gasteiger partial charge in [-0.3, -0.25) is 0 Å². The van der Waals surface area contributed by atoms with Gasteiger partial charge in [0.15, 0.2) is 0 Å². The molecule has 68 valence electrons. The molecular formula is C7H5BF3N2-. The second-order valence-corrected chi connectivity index (χ2v) is 2.76. The van der Waals surface area contributed by atoms with Crippen molar-refractivity contribution in [2.24, 2.45) is 0 Å². The van der Waals surface area contributed by atoms with E-state index in [-0.39, 0.29) is 0 Å². The summed E-state index contributed by atoms with van der Waals surface area (Å²) in [5, 5.41) is 0.483. The van der Waals surface area contributed by atoms with Gasteiger partial charge in [-0.2, -0.15) is 0 Å². The highest BCUT2D eigenvalue weighted by molar-refractivity contribution is 6.73. The van der Waals surface area contributed by atoms with Gasteiger partial charge in [0.05, 0.1) is 0 Å². The van der Waals surface area contributed by atoms with Crippen LogP contribution in [0.3, 0.4) is 0 Å². The summed E-state index contributed by atoms with van der Waals surface area (Å²) in [6.45, 7) is -4.94. The lowest BCUT2D eigenvalue weighted by Gasteiger charge is -2.13. The van der Waals surface area contributed by atoms with E-state index in [1.165, 1.54) is 0 Å². The summed E-state index contributed by atoms with van der Waals surface area (Å²) in [7, 11) is 0. The average Bonchev–Trinajstić information content (AvgIpc) is 2.47. The fourth-order valence-electron chi connectivity index (χ4n) is 1.14. The molecule has 0 bridgehead atoms. The quantitative estimate of drug-likeness (QED) is 0.671. The molecule has 0 atom stereocenters. The van der Waals surface area contributed by atoms with E-state index in [1.807, 2.05) is 0 Å². The van der Waals surface area contributed by atoms with Crippen LogP contribution in [0, 0.1) is 0 Å². The fraction of sp³-hybridized carbons (Fsp3) is 0. The standard InChI is InChI=1S/C7H5BF3N2/c9-8(10,11)6-3-5-1-2-12-7(5)13-4-6/h1-4H,(H,12,13)/q-1. The van der Waals surface area contributed by atoms with Crippen LogP contribution in [-0.4, -0.2) is 16.9 Å². The third-order valence-electron chi connectivity index (χ3n) is 1.80. The molecule has 1 N–H and O–H groups in total. The van der Waals surface area contributed by atoms with Crippen LogP contribution in [0.25, 0.3) is 11.0 Å². The highest BCUT2D eigenvalue weighted by Crippen LogP contribution is 2.12. The maximum absolute atomic E-state index is 12.2. The van der Waals surface area contributed by atoms with Gasteiger partial charge >= 0.3 is 6.98 Å². The smallest absolute Gasteiger partial charge is 0.445 e. The van der Waals surface area contributed by atoms with Gasteiger partial charge < -0.3 is 17.9 Å². The Kier molecular flexibility index (Phi) is 1.58. The summed E-state index contributed by atoms with van der Waals surface area (Å²) < 4.78 is 36.7. The molecule has 2 heterocycles. The van der Waals surface area contributed by atoms with Crippen molar-refractivity contribution in [2.75, 3.05) is 0 Å². The van der Waals surface area contributed by atoms with Gasteiger partial charge in [-0.25, -0.2) is 4.98 Å². The van der Waals surface area contributed by atoms with Gasteiger partial charge in [0.1, 0.15) is 5.65 Å². The predicted octanol–water partition coefficient (Wildman–Crippen LogP) is 1.62. The van der Waals surface area contributed by atoms with Crippen molar-refractivity contribution in [1.29, 1.82) is 0 Å². The molecule has 0 unspecified atom stereocenters. The Hall–Kier alpha value is -1.46. The monoisotopic (exact) mass is 185 g/mol. The minimum atomic E-state index is -4.94. The zero-order valence-corrected chi connectivity index (χ0v) is 6.47.